The first-order chi connectivity index (χ1) is 7.20. The summed E-state index contributed by atoms with van der Waals surface area (Å²) < 4.78 is 10.7. The molecule has 0 N–H and O–H groups in total. The molecule has 0 aliphatic carbocycles. The number of rotatable bonds is 6. The second-order valence-electron chi connectivity index (χ2n) is 2.52. The molecule has 0 fully saturated rings. The van der Waals surface area contributed by atoms with E-state index >= 15 is 0 Å². The van der Waals surface area contributed by atoms with Crippen LogP contribution in [0.4, 0.5) is 0 Å². The molecule has 0 radical (unpaired) electrons. The molecule has 2 nitrogen and oxygen atoms in total. The zero-order chi connectivity index (χ0) is 11.1. The van der Waals surface area contributed by atoms with Gasteiger partial charge in [0.2, 0.25) is 5.69 Å². The predicted octanol–water partition coefficient (Wildman–Crippen LogP) is 3.99. The normalized spacial score (nSPS) is 14.8. The first kappa shape index (κ1) is 13.6. The van der Waals surface area contributed by atoms with Crippen LogP contribution < -0.4 is 0 Å². The predicted molar refractivity (Wildman–Crippen MR) is 73.1 cm³/mol. The van der Waals surface area contributed by atoms with E-state index in [2.05, 4.69) is 0 Å². The van der Waals surface area contributed by atoms with E-state index in [9.17, 15) is 0 Å². The summed E-state index contributed by atoms with van der Waals surface area (Å²) in [4.78, 5) is 1.18. The minimum atomic E-state index is -2.09. The molecule has 0 aromatic heterocycles. The van der Waals surface area contributed by atoms with Crippen LogP contribution in [0.2, 0.25) is 0 Å². The van der Waals surface area contributed by atoms with Crippen molar-refractivity contribution in [2.24, 2.45) is 0 Å². The van der Waals surface area contributed by atoms with E-state index in [4.69, 9.17) is 20.9 Å². The van der Waals surface area contributed by atoms with Gasteiger partial charge in [0.05, 0.1) is 0 Å². The standard InChI is InChI=1S/C9H13O2PS3/c1-10-12(13,14-2)11-8-15-9-6-4-3-5-7-9/h3-7H,8H2,1-2H3. The molecular formula is C9H13O2PS3. The minimum Gasteiger partial charge on any atom is -0.325 e. The Balaban J connectivity index is 2.36. The molecule has 6 heteroatoms. The fourth-order valence-corrected chi connectivity index (χ4v) is 3.97. The van der Waals surface area contributed by atoms with Gasteiger partial charge in [0.1, 0.15) is 5.94 Å². The summed E-state index contributed by atoms with van der Waals surface area (Å²) in [6.45, 7) is 0. The molecule has 15 heavy (non-hydrogen) atoms. The van der Waals surface area contributed by atoms with Crippen LogP contribution in [0, 0.1) is 0 Å². The van der Waals surface area contributed by atoms with Crippen molar-refractivity contribution in [3.8, 4) is 0 Å². The van der Waals surface area contributed by atoms with Crippen LogP contribution in [-0.2, 0) is 20.9 Å². The van der Waals surface area contributed by atoms with Crippen LogP contribution in [0.3, 0.4) is 0 Å². The largest absolute Gasteiger partial charge is 0.325 e. The number of hydrogen-bond acceptors (Lipinski definition) is 5. The van der Waals surface area contributed by atoms with Gasteiger partial charge in [-0.15, -0.1) is 0 Å². The zero-order valence-electron chi connectivity index (χ0n) is 8.58. The highest BCUT2D eigenvalue weighted by Crippen LogP contribution is 2.59. The van der Waals surface area contributed by atoms with Crippen molar-refractivity contribution in [2.45, 2.75) is 4.90 Å². The van der Waals surface area contributed by atoms with Crippen molar-refractivity contribution in [3.05, 3.63) is 30.3 Å². The summed E-state index contributed by atoms with van der Waals surface area (Å²) in [5.74, 6) is 0.538. The molecule has 1 aromatic carbocycles. The van der Waals surface area contributed by atoms with Gasteiger partial charge in [-0.05, 0) is 30.2 Å². The van der Waals surface area contributed by atoms with Crippen molar-refractivity contribution < 1.29 is 9.05 Å². The fraction of sp³-hybridized carbons (Fsp3) is 0.333. The zero-order valence-corrected chi connectivity index (χ0v) is 11.9. The van der Waals surface area contributed by atoms with E-state index in [1.54, 1.807) is 18.9 Å². The lowest BCUT2D eigenvalue weighted by molar-refractivity contribution is 0.342. The summed E-state index contributed by atoms with van der Waals surface area (Å²) in [5.41, 5.74) is -2.09. The molecule has 1 atom stereocenters. The summed E-state index contributed by atoms with van der Waals surface area (Å²) >= 11 is 8.34. The Morgan fingerprint density at radius 3 is 2.53 bits per heavy atom. The van der Waals surface area contributed by atoms with Crippen molar-refractivity contribution in [2.75, 3.05) is 19.3 Å². The Morgan fingerprint density at radius 2 is 2.00 bits per heavy atom. The summed E-state index contributed by atoms with van der Waals surface area (Å²) in [6.07, 6.45) is 1.91. The number of benzene rings is 1. The average molecular weight is 280 g/mol. The lowest BCUT2D eigenvalue weighted by Crippen LogP contribution is -1.88. The van der Waals surface area contributed by atoms with Gasteiger partial charge in [0, 0.05) is 12.0 Å². The number of hydrogen-bond donors (Lipinski definition) is 0. The summed E-state index contributed by atoms with van der Waals surface area (Å²) in [5, 5.41) is 0. The van der Waals surface area contributed by atoms with Gasteiger partial charge < -0.3 is 9.05 Å². The van der Waals surface area contributed by atoms with E-state index in [1.807, 2.05) is 36.6 Å². The Labute approximate surface area is 104 Å². The van der Waals surface area contributed by atoms with Crippen molar-refractivity contribution >= 4 is 40.6 Å². The molecule has 0 saturated carbocycles. The Kier molecular flexibility index (Phi) is 6.27. The molecule has 0 aliphatic rings. The smallest absolute Gasteiger partial charge is 0.247 e. The fourth-order valence-electron chi connectivity index (χ4n) is 0.856. The molecule has 0 amide bonds. The van der Waals surface area contributed by atoms with Crippen molar-refractivity contribution in [1.82, 2.24) is 0 Å². The Hall–Kier alpha value is 0.490. The highest BCUT2D eigenvalue weighted by atomic mass is 32.9. The maximum atomic E-state index is 5.56. The molecule has 0 aliphatic heterocycles. The summed E-state index contributed by atoms with van der Waals surface area (Å²) in [7, 11) is 1.60. The van der Waals surface area contributed by atoms with E-state index in [-0.39, 0.29) is 0 Å². The molecule has 0 bridgehead atoms. The molecule has 0 saturated heterocycles. The lowest BCUT2D eigenvalue weighted by Gasteiger charge is -2.16. The summed E-state index contributed by atoms with van der Waals surface area (Å²) in [6, 6.07) is 10.1. The average Bonchev–Trinajstić information content (AvgIpc) is 2.30. The minimum absolute atomic E-state index is 0.538. The van der Waals surface area contributed by atoms with Crippen molar-refractivity contribution in [3.63, 3.8) is 0 Å². The molecule has 1 rings (SSSR count). The molecule has 0 spiro atoms. The second-order valence-corrected chi connectivity index (χ2v) is 10.1. The third-order valence-corrected chi connectivity index (χ3v) is 8.19. The quantitative estimate of drug-likeness (QED) is 0.444. The molecule has 84 valence electrons. The van der Waals surface area contributed by atoms with Gasteiger partial charge in [-0.1, -0.05) is 41.3 Å². The highest BCUT2D eigenvalue weighted by molar-refractivity contribution is 8.67. The molecule has 1 unspecified atom stereocenters. The first-order valence-corrected chi connectivity index (χ1v) is 9.69. The second kappa shape index (κ2) is 6.94. The van der Waals surface area contributed by atoms with Crippen LogP contribution in [0.15, 0.2) is 35.2 Å². The molecule has 1 aromatic rings. The Morgan fingerprint density at radius 1 is 1.33 bits per heavy atom. The van der Waals surface area contributed by atoms with Crippen molar-refractivity contribution in [1.29, 1.82) is 0 Å². The van der Waals surface area contributed by atoms with Gasteiger partial charge in [-0.25, -0.2) is 0 Å². The van der Waals surface area contributed by atoms with Crippen LogP contribution in [0.1, 0.15) is 0 Å². The maximum absolute atomic E-state index is 5.56. The molecular weight excluding hydrogens is 267 g/mol. The SMILES string of the molecule is COP(=S)(OCSc1ccccc1)SC. The van der Waals surface area contributed by atoms with E-state index in [0.29, 0.717) is 5.94 Å². The van der Waals surface area contributed by atoms with Crippen LogP contribution >= 0.6 is 28.8 Å². The van der Waals surface area contributed by atoms with Gasteiger partial charge in [-0.3, -0.25) is 0 Å². The third kappa shape index (κ3) is 4.89. The van der Waals surface area contributed by atoms with Gasteiger partial charge >= 0.3 is 0 Å². The monoisotopic (exact) mass is 280 g/mol. The van der Waals surface area contributed by atoms with E-state index in [0.717, 1.165) is 0 Å². The number of thioether (sulfide) groups is 1. The van der Waals surface area contributed by atoms with Gasteiger partial charge in [0.15, 0.2) is 0 Å². The highest BCUT2D eigenvalue weighted by Gasteiger charge is 2.14. The maximum Gasteiger partial charge on any atom is 0.247 e. The van der Waals surface area contributed by atoms with Crippen LogP contribution in [0.5, 0.6) is 0 Å². The van der Waals surface area contributed by atoms with Crippen LogP contribution in [0.25, 0.3) is 0 Å². The lowest BCUT2D eigenvalue weighted by atomic mass is 10.4. The molecule has 0 heterocycles. The van der Waals surface area contributed by atoms with Crippen LogP contribution in [-0.4, -0.2) is 19.3 Å². The topological polar surface area (TPSA) is 18.5 Å². The van der Waals surface area contributed by atoms with E-state index in [1.165, 1.54) is 16.3 Å². The Bertz CT molecular complexity index is 323. The third-order valence-electron chi connectivity index (χ3n) is 1.63. The van der Waals surface area contributed by atoms with Gasteiger partial charge in [-0.2, -0.15) is 0 Å². The van der Waals surface area contributed by atoms with Gasteiger partial charge in [0.25, 0.3) is 0 Å². The van der Waals surface area contributed by atoms with E-state index < -0.39 is 5.69 Å². The first-order valence-electron chi connectivity index (χ1n) is 4.24.